The van der Waals surface area contributed by atoms with Crippen LogP contribution in [0.25, 0.3) is 5.52 Å². The zero-order valence-corrected chi connectivity index (χ0v) is 14.3. The van der Waals surface area contributed by atoms with E-state index in [4.69, 9.17) is 4.52 Å². The van der Waals surface area contributed by atoms with Gasteiger partial charge in [-0.05, 0) is 31.2 Å². The minimum absolute atomic E-state index is 0.107. The number of anilines is 2. The first-order valence-corrected chi connectivity index (χ1v) is 8.20. The van der Waals surface area contributed by atoms with Crippen molar-refractivity contribution in [3.05, 3.63) is 78.1 Å². The zero-order chi connectivity index (χ0) is 18.8. The maximum Gasteiger partial charge on any atom is 0.292 e. The summed E-state index contributed by atoms with van der Waals surface area (Å²) in [5.41, 5.74) is 1.27. The number of rotatable bonds is 4. The lowest BCUT2D eigenvalue weighted by Crippen LogP contribution is -2.16. The van der Waals surface area contributed by atoms with Gasteiger partial charge in [-0.1, -0.05) is 29.4 Å². The summed E-state index contributed by atoms with van der Waals surface area (Å²) in [6.07, 6.45) is 1.68. The molecule has 8 nitrogen and oxygen atoms in total. The second-order valence-electron chi connectivity index (χ2n) is 5.84. The minimum Gasteiger partial charge on any atom is -0.360 e. The molecule has 3 heterocycles. The van der Waals surface area contributed by atoms with Gasteiger partial charge in [0.1, 0.15) is 5.76 Å². The third-order valence-electron chi connectivity index (χ3n) is 3.87. The van der Waals surface area contributed by atoms with Crippen molar-refractivity contribution < 1.29 is 14.1 Å². The Bertz CT molecular complexity index is 1130. The highest BCUT2D eigenvalue weighted by atomic mass is 16.5. The number of pyridine rings is 1. The fourth-order valence-electron chi connectivity index (χ4n) is 2.67. The molecule has 4 rings (SSSR count). The number of imidazole rings is 1. The highest BCUT2D eigenvalue weighted by Gasteiger charge is 2.22. The Labute approximate surface area is 153 Å². The third kappa shape index (κ3) is 3.28. The van der Waals surface area contributed by atoms with Gasteiger partial charge in [-0.25, -0.2) is 4.98 Å². The number of hydrogen-bond acceptors (Lipinski definition) is 5. The summed E-state index contributed by atoms with van der Waals surface area (Å²) >= 11 is 0. The van der Waals surface area contributed by atoms with Crippen LogP contribution >= 0.6 is 0 Å². The summed E-state index contributed by atoms with van der Waals surface area (Å²) in [6.45, 7) is 1.72. The van der Waals surface area contributed by atoms with Crippen LogP contribution in [0.5, 0.6) is 0 Å². The summed E-state index contributed by atoms with van der Waals surface area (Å²) in [4.78, 5) is 29.6. The van der Waals surface area contributed by atoms with E-state index in [1.54, 1.807) is 53.9 Å². The van der Waals surface area contributed by atoms with E-state index in [0.717, 1.165) is 0 Å². The highest BCUT2D eigenvalue weighted by molar-refractivity contribution is 6.10. The average Bonchev–Trinajstić information content (AvgIpc) is 3.26. The first kappa shape index (κ1) is 16.5. The quantitative estimate of drug-likeness (QED) is 0.581. The van der Waals surface area contributed by atoms with Crippen molar-refractivity contribution in [1.82, 2.24) is 14.5 Å². The number of fused-ring (bicyclic) bond motifs is 1. The highest BCUT2D eigenvalue weighted by Crippen LogP contribution is 2.17. The van der Waals surface area contributed by atoms with Crippen molar-refractivity contribution in [3.8, 4) is 0 Å². The number of hydrogen-bond donors (Lipinski definition) is 2. The zero-order valence-electron chi connectivity index (χ0n) is 14.3. The topological polar surface area (TPSA) is 102 Å². The first-order chi connectivity index (χ1) is 13.1. The Morgan fingerprint density at radius 2 is 1.78 bits per heavy atom. The Morgan fingerprint density at radius 3 is 2.52 bits per heavy atom. The molecular weight excluding hydrogens is 346 g/mol. The second-order valence-corrected chi connectivity index (χ2v) is 5.84. The van der Waals surface area contributed by atoms with Crippen LogP contribution in [0.2, 0.25) is 0 Å². The lowest BCUT2D eigenvalue weighted by Gasteiger charge is -2.03. The van der Waals surface area contributed by atoms with Crippen molar-refractivity contribution in [2.45, 2.75) is 6.92 Å². The third-order valence-corrected chi connectivity index (χ3v) is 3.87. The summed E-state index contributed by atoms with van der Waals surface area (Å²) in [6, 6.07) is 15.9. The molecule has 134 valence electrons. The van der Waals surface area contributed by atoms with Crippen molar-refractivity contribution in [3.63, 3.8) is 0 Å². The van der Waals surface area contributed by atoms with Gasteiger partial charge in [0.25, 0.3) is 11.8 Å². The van der Waals surface area contributed by atoms with Gasteiger partial charge in [-0.2, -0.15) is 0 Å². The van der Waals surface area contributed by atoms with Gasteiger partial charge < -0.3 is 15.2 Å². The smallest absolute Gasteiger partial charge is 0.292 e. The lowest BCUT2D eigenvalue weighted by atomic mass is 10.3. The van der Waals surface area contributed by atoms with Crippen LogP contribution in [0, 0.1) is 6.92 Å². The van der Waals surface area contributed by atoms with Crippen molar-refractivity contribution in [2.75, 3.05) is 10.6 Å². The van der Waals surface area contributed by atoms with Gasteiger partial charge >= 0.3 is 0 Å². The van der Waals surface area contributed by atoms with E-state index in [9.17, 15) is 9.59 Å². The predicted molar refractivity (Wildman–Crippen MR) is 98.8 cm³/mol. The van der Waals surface area contributed by atoms with Crippen LogP contribution in [0.1, 0.15) is 26.9 Å². The molecule has 1 aromatic carbocycles. The van der Waals surface area contributed by atoms with Crippen LogP contribution in [0.3, 0.4) is 0 Å². The molecule has 0 aliphatic carbocycles. The Morgan fingerprint density at radius 1 is 1.00 bits per heavy atom. The fourth-order valence-corrected chi connectivity index (χ4v) is 2.67. The lowest BCUT2D eigenvalue weighted by molar-refractivity contribution is 0.101. The number of benzene rings is 1. The summed E-state index contributed by atoms with van der Waals surface area (Å²) in [7, 11) is 0. The van der Waals surface area contributed by atoms with Gasteiger partial charge in [-0.3, -0.25) is 14.0 Å². The number of nitrogens with one attached hydrogen (secondary N) is 2. The number of aryl methyl sites for hydroxylation is 1. The van der Waals surface area contributed by atoms with Crippen LogP contribution in [0.15, 0.2) is 65.3 Å². The van der Waals surface area contributed by atoms with E-state index in [1.807, 2.05) is 18.2 Å². The molecular formula is C19H15N5O3. The predicted octanol–water partition coefficient (Wildman–Crippen LogP) is 3.14. The number of amides is 2. The van der Waals surface area contributed by atoms with Gasteiger partial charge in [-0.15, -0.1) is 0 Å². The SMILES string of the molecule is Cc1cc(NC(=O)c2nc(C(=O)Nc3ccccc3)n3ccccc23)no1. The molecule has 0 saturated carbocycles. The Hall–Kier alpha value is -3.94. The van der Waals surface area contributed by atoms with E-state index < -0.39 is 11.8 Å². The van der Waals surface area contributed by atoms with Crippen molar-refractivity contribution in [2.24, 2.45) is 0 Å². The summed E-state index contributed by atoms with van der Waals surface area (Å²) in [5.74, 6) is 0.0632. The van der Waals surface area contributed by atoms with E-state index in [0.29, 0.717) is 17.0 Å². The standard InChI is InChI=1S/C19H15N5O3/c1-12-11-15(23-27-12)21-18(25)16-14-9-5-6-10-24(14)17(22-16)19(26)20-13-7-3-2-4-8-13/h2-11H,1H3,(H,20,26)(H,21,23,25). The van der Waals surface area contributed by atoms with Gasteiger partial charge in [0.15, 0.2) is 11.5 Å². The summed E-state index contributed by atoms with van der Waals surface area (Å²) in [5, 5.41) is 9.13. The molecule has 27 heavy (non-hydrogen) atoms. The van der Waals surface area contributed by atoms with E-state index in [2.05, 4.69) is 20.8 Å². The largest absolute Gasteiger partial charge is 0.360 e. The molecule has 2 amide bonds. The maximum atomic E-state index is 12.7. The van der Waals surface area contributed by atoms with Gasteiger partial charge in [0, 0.05) is 18.0 Å². The molecule has 0 spiro atoms. The molecule has 0 bridgehead atoms. The number of carbonyl (C=O) groups is 2. The second kappa shape index (κ2) is 6.75. The van der Waals surface area contributed by atoms with Gasteiger partial charge in [0.05, 0.1) is 5.52 Å². The van der Waals surface area contributed by atoms with Crippen LogP contribution in [-0.2, 0) is 0 Å². The molecule has 0 atom stereocenters. The van der Waals surface area contributed by atoms with Crippen LogP contribution in [0.4, 0.5) is 11.5 Å². The molecule has 0 saturated heterocycles. The number of nitrogens with zero attached hydrogens (tertiary/aromatic N) is 3. The number of para-hydroxylation sites is 1. The molecule has 8 heteroatoms. The fraction of sp³-hybridized carbons (Fsp3) is 0.0526. The molecule has 0 fully saturated rings. The molecule has 2 N–H and O–H groups in total. The molecule has 4 aromatic rings. The van der Waals surface area contributed by atoms with Gasteiger partial charge in [0.2, 0.25) is 5.82 Å². The average molecular weight is 361 g/mol. The number of carbonyl (C=O) groups excluding carboxylic acids is 2. The monoisotopic (exact) mass is 361 g/mol. The Balaban J connectivity index is 1.68. The van der Waals surface area contributed by atoms with E-state index in [-0.39, 0.29) is 17.3 Å². The number of aromatic nitrogens is 3. The molecule has 0 unspecified atom stereocenters. The van der Waals surface area contributed by atoms with E-state index >= 15 is 0 Å². The molecule has 3 aromatic heterocycles. The first-order valence-electron chi connectivity index (χ1n) is 8.20. The molecule has 0 aliphatic rings. The van der Waals surface area contributed by atoms with Crippen molar-refractivity contribution in [1.29, 1.82) is 0 Å². The molecule has 0 radical (unpaired) electrons. The summed E-state index contributed by atoms with van der Waals surface area (Å²) < 4.78 is 6.51. The Kier molecular flexibility index (Phi) is 4.13. The molecule has 0 aliphatic heterocycles. The van der Waals surface area contributed by atoms with Crippen molar-refractivity contribution >= 4 is 28.8 Å². The minimum atomic E-state index is -0.481. The van der Waals surface area contributed by atoms with E-state index in [1.165, 1.54) is 0 Å². The maximum absolute atomic E-state index is 12.7. The normalized spacial score (nSPS) is 10.7. The van der Waals surface area contributed by atoms with Crippen LogP contribution < -0.4 is 10.6 Å². The van der Waals surface area contributed by atoms with Crippen LogP contribution in [-0.4, -0.2) is 26.4 Å².